The summed E-state index contributed by atoms with van der Waals surface area (Å²) in [5.74, 6) is -1.39. The number of halogens is 2. The summed E-state index contributed by atoms with van der Waals surface area (Å²) in [6.45, 7) is 1.22. The summed E-state index contributed by atoms with van der Waals surface area (Å²) in [4.78, 5) is 17.8. The lowest BCUT2D eigenvalue weighted by molar-refractivity contribution is -0.124. The van der Waals surface area contributed by atoms with Gasteiger partial charge in [0.1, 0.15) is 22.3 Å². The Kier molecular flexibility index (Phi) is 5.78. The van der Waals surface area contributed by atoms with Crippen LogP contribution in [-0.2, 0) is 14.8 Å². The first-order valence-electron chi connectivity index (χ1n) is 8.70. The molecule has 3 rings (SSSR count). The Morgan fingerprint density at radius 2 is 1.93 bits per heavy atom. The van der Waals surface area contributed by atoms with Gasteiger partial charge in [0.15, 0.2) is 0 Å². The van der Waals surface area contributed by atoms with Gasteiger partial charge in [-0.3, -0.25) is 9.52 Å². The van der Waals surface area contributed by atoms with Gasteiger partial charge in [-0.15, -0.1) is 0 Å². The molecule has 0 bridgehead atoms. The minimum absolute atomic E-state index is 0.0320. The Balaban J connectivity index is 1.75. The second-order valence-corrected chi connectivity index (χ2v) is 8.20. The third-order valence-corrected chi connectivity index (χ3v) is 5.87. The zero-order valence-electron chi connectivity index (χ0n) is 15.2. The predicted molar refractivity (Wildman–Crippen MR) is 100 cm³/mol. The normalized spacial score (nSPS) is 17.2. The molecule has 1 fully saturated rings. The van der Waals surface area contributed by atoms with E-state index in [-0.39, 0.29) is 22.4 Å². The molecule has 150 valence electrons. The fourth-order valence-corrected chi connectivity index (χ4v) is 4.13. The molecular weight excluding hydrogens is 390 g/mol. The van der Waals surface area contributed by atoms with Gasteiger partial charge in [0, 0.05) is 32.4 Å². The Hall–Kier alpha value is -2.75. The average Bonchev–Trinajstić information content (AvgIpc) is 2.66. The van der Waals surface area contributed by atoms with E-state index in [2.05, 4.69) is 15.0 Å². The largest absolute Gasteiger partial charge is 0.359 e. The number of benzene rings is 1. The number of anilines is 2. The Morgan fingerprint density at radius 3 is 2.54 bits per heavy atom. The van der Waals surface area contributed by atoms with Crippen LogP contribution in [0.2, 0.25) is 0 Å². The van der Waals surface area contributed by atoms with Gasteiger partial charge < -0.3 is 10.2 Å². The van der Waals surface area contributed by atoms with Gasteiger partial charge in [0.2, 0.25) is 5.91 Å². The standard InChI is InChI=1S/C18H20F2N4O3S/c1-21-18(25)12-3-2-6-24(11-12)17-5-4-16(10-22-17)28(26,27)23-15-8-13(19)7-14(20)9-15/h4-5,7-10,12,23H,2-3,6,11H2,1H3,(H,21,25). The SMILES string of the molecule is CNC(=O)C1CCCN(c2ccc(S(=O)(=O)Nc3cc(F)cc(F)c3)cn2)C1. The summed E-state index contributed by atoms with van der Waals surface area (Å²) in [7, 11) is -2.46. The van der Waals surface area contributed by atoms with E-state index in [9.17, 15) is 22.0 Å². The van der Waals surface area contributed by atoms with E-state index in [1.165, 1.54) is 12.3 Å². The number of amides is 1. The van der Waals surface area contributed by atoms with Crippen molar-refractivity contribution in [3.8, 4) is 0 Å². The third kappa shape index (κ3) is 4.56. The first-order valence-corrected chi connectivity index (χ1v) is 10.2. The third-order valence-electron chi connectivity index (χ3n) is 4.51. The number of rotatable bonds is 5. The molecule has 7 nitrogen and oxygen atoms in total. The van der Waals surface area contributed by atoms with Crippen molar-refractivity contribution >= 4 is 27.4 Å². The summed E-state index contributed by atoms with van der Waals surface area (Å²) in [6, 6.07) is 5.33. The smallest absolute Gasteiger partial charge is 0.263 e. The minimum Gasteiger partial charge on any atom is -0.359 e. The van der Waals surface area contributed by atoms with Crippen LogP contribution < -0.4 is 14.9 Å². The molecule has 1 aromatic carbocycles. The maximum atomic E-state index is 13.3. The molecule has 10 heteroatoms. The van der Waals surface area contributed by atoms with Gasteiger partial charge in [0.25, 0.3) is 10.0 Å². The van der Waals surface area contributed by atoms with Crippen molar-refractivity contribution in [1.29, 1.82) is 0 Å². The first kappa shape index (κ1) is 20.0. The molecule has 1 aromatic heterocycles. The topological polar surface area (TPSA) is 91.4 Å². The zero-order chi connectivity index (χ0) is 20.3. The molecule has 1 aliphatic rings. The Morgan fingerprint density at radius 1 is 1.21 bits per heavy atom. The number of hydrogen-bond donors (Lipinski definition) is 2. The highest BCUT2D eigenvalue weighted by molar-refractivity contribution is 7.92. The predicted octanol–water partition coefficient (Wildman–Crippen LogP) is 2.12. The molecule has 1 aliphatic heterocycles. The van der Waals surface area contributed by atoms with Gasteiger partial charge in [-0.1, -0.05) is 0 Å². The van der Waals surface area contributed by atoms with Crippen molar-refractivity contribution in [2.45, 2.75) is 17.7 Å². The quantitative estimate of drug-likeness (QED) is 0.788. The number of aromatic nitrogens is 1. The second-order valence-electron chi connectivity index (χ2n) is 6.52. The van der Waals surface area contributed by atoms with Crippen molar-refractivity contribution in [3.05, 3.63) is 48.2 Å². The van der Waals surface area contributed by atoms with Crippen LogP contribution in [0.4, 0.5) is 20.3 Å². The molecule has 28 heavy (non-hydrogen) atoms. The summed E-state index contributed by atoms with van der Waals surface area (Å²) >= 11 is 0. The average molecular weight is 410 g/mol. The number of pyridine rings is 1. The van der Waals surface area contributed by atoms with Crippen LogP contribution in [0.25, 0.3) is 0 Å². The molecule has 2 heterocycles. The van der Waals surface area contributed by atoms with Crippen molar-refractivity contribution in [3.63, 3.8) is 0 Å². The Labute approximate surface area is 161 Å². The molecule has 1 atom stereocenters. The van der Waals surface area contributed by atoms with E-state index in [1.807, 2.05) is 4.90 Å². The van der Waals surface area contributed by atoms with Crippen molar-refractivity contribution in [2.75, 3.05) is 29.8 Å². The molecular formula is C18H20F2N4O3S. The van der Waals surface area contributed by atoms with Crippen molar-refractivity contribution in [2.24, 2.45) is 5.92 Å². The summed E-state index contributed by atoms with van der Waals surface area (Å²) in [6.07, 6.45) is 2.79. The van der Waals surface area contributed by atoms with E-state index in [4.69, 9.17) is 0 Å². The molecule has 0 aliphatic carbocycles. The molecule has 2 N–H and O–H groups in total. The van der Waals surface area contributed by atoms with Gasteiger partial charge in [0.05, 0.1) is 11.6 Å². The second kappa shape index (κ2) is 8.09. The monoisotopic (exact) mass is 410 g/mol. The highest BCUT2D eigenvalue weighted by atomic mass is 32.2. The lowest BCUT2D eigenvalue weighted by atomic mass is 9.97. The summed E-state index contributed by atoms with van der Waals surface area (Å²) in [5.41, 5.74) is -0.217. The van der Waals surface area contributed by atoms with Gasteiger partial charge in [-0.2, -0.15) is 0 Å². The van der Waals surface area contributed by atoms with Gasteiger partial charge in [-0.25, -0.2) is 22.2 Å². The number of nitrogens with zero attached hydrogens (tertiary/aromatic N) is 2. The number of carbonyl (C=O) groups is 1. The molecule has 1 amide bonds. The Bertz CT molecular complexity index is 947. The molecule has 0 radical (unpaired) electrons. The summed E-state index contributed by atoms with van der Waals surface area (Å²) in [5, 5.41) is 2.64. The molecule has 0 spiro atoms. The lowest BCUT2D eigenvalue weighted by Crippen LogP contribution is -2.42. The highest BCUT2D eigenvalue weighted by Gasteiger charge is 2.26. The molecule has 0 saturated carbocycles. The van der Waals surface area contributed by atoms with Gasteiger partial charge >= 0.3 is 0 Å². The number of piperidine rings is 1. The summed E-state index contributed by atoms with van der Waals surface area (Å²) < 4.78 is 53.5. The molecule has 1 unspecified atom stereocenters. The van der Waals surface area contributed by atoms with Crippen molar-refractivity contribution < 1.29 is 22.0 Å². The van der Waals surface area contributed by atoms with Crippen LogP contribution in [0.1, 0.15) is 12.8 Å². The molecule has 2 aromatic rings. The maximum absolute atomic E-state index is 13.3. The van der Waals surface area contributed by atoms with E-state index in [0.29, 0.717) is 25.0 Å². The lowest BCUT2D eigenvalue weighted by Gasteiger charge is -2.32. The van der Waals surface area contributed by atoms with Crippen LogP contribution in [0.5, 0.6) is 0 Å². The van der Waals surface area contributed by atoms with E-state index >= 15 is 0 Å². The van der Waals surface area contributed by atoms with Crippen LogP contribution >= 0.6 is 0 Å². The van der Waals surface area contributed by atoms with Crippen LogP contribution in [0.15, 0.2) is 41.4 Å². The fraction of sp³-hybridized carbons (Fsp3) is 0.333. The van der Waals surface area contributed by atoms with Crippen LogP contribution in [0, 0.1) is 17.6 Å². The fourth-order valence-electron chi connectivity index (χ4n) is 3.15. The maximum Gasteiger partial charge on any atom is 0.263 e. The number of nitrogens with one attached hydrogen (secondary N) is 2. The number of hydrogen-bond acceptors (Lipinski definition) is 5. The number of carbonyl (C=O) groups excluding carboxylic acids is 1. The van der Waals surface area contributed by atoms with Crippen LogP contribution in [0.3, 0.4) is 0 Å². The first-order chi connectivity index (χ1) is 13.3. The number of sulfonamides is 1. The van der Waals surface area contributed by atoms with Gasteiger partial charge in [-0.05, 0) is 37.1 Å². The van der Waals surface area contributed by atoms with Crippen LogP contribution in [-0.4, -0.2) is 39.4 Å². The van der Waals surface area contributed by atoms with E-state index in [1.54, 1.807) is 13.1 Å². The molecule has 1 saturated heterocycles. The van der Waals surface area contributed by atoms with Crippen molar-refractivity contribution in [1.82, 2.24) is 10.3 Å². The van der Waals surface area contributed by atoms with E-state index < -0.39 is 21.7 Å². The highest BCUT2D eigenvalue weighted by Crippen LogP contribution is 2.24. The minimum atomic E-state index is -4.05. The zero-order valence-corrected chi connectivity index (χ0v) is 16.0. The van der Waals surface area contributed by atoms with E-state index in [0.717, 1.165) is 25.0 Å².